The van der Waals surface area contributed by atoms with Gasteiger partial charge in [-0.05, 0) is 49.8 Å². The lowest BCUT2D eigenvalue weighted by atomic mass is 9.84. The maximum Gasteiger partial charge on any atom is 0.282 e. The third-order valence-electron chi connectivity index (χ3n) is 4.00. The molecule has 0 saturated carbocycles. The van der Waals surface area contributed by atoms with Crippen molar-refractivity contribution in [3.05, 3.63) is 48.0 Å². The third-order valence-corrected chi connectivity index (χ3v) is 4.00. The highest BCUT2D eigenvalue weighted by atomic mass is 16.5. The predicted octanol–water partition coefficient (Wildman–Crippen LogP) is 2.74. The molecule has 0 bridgehead atoms. The summed E-state index contributed by atoms with van der Waals surface area (Å²) in [5, 5.41) is 0. The standard InChI is InChI=1S/C18H22N4O/c1-12(2)23-18(19)22-15-7-6-13-4-3-5-16(17(13)8-15)14-9-20-11-21-10-14/h3-5,9-12,15H,6-8H2,1-2H3,(H2,19,22). The molecule has 0 amide bonds. The monoisotopic (exact) mass is 310 g/mol. The number of rotatable bonds is 3. The number of nitrogens with two attached hydrogens (primary N) is 1. The molecule has 1 aromatic heterocycles. The molecule has 3 rings (SSSR count). The molecule has 0 aliphatic heterocycles. The molecule has 1 aliphatic rings. The summed E-state index contributed by atoms with van der Waals surface area (Å²) >= 11 is 0. The molecule has 1 aromatic carbocycles. The average Bonchev–Trinajstić information content (AvgIpc) is 2.54. The number of nitrogens with zero attached hydrogens (tertiary/aromatic N) is 3. The number of aliphatic imine (C=N–C) groups is 1. The van der Waals surface area contributed by atoms with Crippen LogP contribution in [0.2, 0.25) is 0 Å². The number of aryl methyl sites for hydroxylation is 1. The quantitative estimate of drug-likeness (QED) is 0.699. The summed E-state index contributed by atoms with van der Waals surface area (Å²) in [5.41, 5.74) is 10.8. The van der Waals surface area contributed by atoms with E-state index in [2.05, 4.69) is 33.2 Å². The molecule has 5 nitrogen and oxygen atoms in total. The second-order valence-electron chi connectivity index (χ2n) is 6.10. The molecule has 0 radical (unpaired) electrons. The van der Waals surface area contributed by atoms with Gasteiger partial charge in [0.2, 0.25) is 0 Å². The molecule has 0 fully saturated rings. The second-order valence-corrected chi connectivity index (χ2v) is 6.10. The lowest BCUT2D eigenvalue weighted by molar-refractivity contribution is 0.222. The van der Waals surface area contributed by atoms with Crippen LogP contribution in [0.15, 0.2) is 41.9 Å². The highest BCUT2D eigenvalue weighted by molar-refractivity contribution is 5.72. The Morgan fingerprint density at radius 3 is 2.83 bits per heavy atom. The van der Waals surface area contributed by atoms with E-state index in [1.807, 2.05) is 26.2 Å². The highest BCUT2D eigenvalue weighted by Gasteiger charge is 2.21. The maximum atomic E-state index is 5.88. The van der Waals surface area contributed by atoms with Crippen molar-refractivity contribution in [3.63, 3.8) is 0 Å². The number of aromatic nitrogens is 2. The largest absolute Gasteiger partial charge is 0.463 e. The molecule has 120 valence electrons. The molecule has 2 N–H and O–H groups in total. The van der Waals surface area contributed by atoms with Gasteiger partial charge in [0.25, 0.3) is 6.02 Å². The Balaban J connectivity index is 1.88. The number of ether oxygens (including phenoxy) is 1. The van der Waals surface area contributed by atoms with E-state index in [4.69, 9.17) is 10.5 Å². The Morgan fingerprint density at radius 2 is 2.09 bits per heavy atom. The van der Waals surface area contributed by atoms with Gasteiger partial charge in [0, 0.05) is 18.0 Å². The van der Waals surface area contributed by atoms with Crippen molar-refractivity contribution in [2.24, 2.45) is 10.7 Å². The van der Waals surface area contributed by atoms with E-state index < -0.39 is 0 Å². The molecular formula is C18H22N4O. The summed E-state index contributed by atoms with van der Waals surface area (Å²) in [5.74, 6) is 0. The van der Waals surface area contributed by atoms with E-state index in [0.717, 1.165) is 24.8 Å². The van der Waals surface area contributed by atoms with Crippen LogP contribution in [-0.4, -0.2) is 28.1 Å². The van der Waals surface area contributed by atoms with Crippen molar-refractivity contribution in [1.29, 1.82) is 0 Å². The van der Waals surface area contributed by atoms with Crippen LogP contribution in [0.25, 0.3) is 11.1 Å². The Kier molecular flexibility index (Phi) is 4.55. The first kappa shape index (κ1) is 15.5. The minimum Gasteiger partial charge on any atom is -0.463 e. The molecule has 0 saturated heterocycles. The van der Waals surface area contributed by atoms with E-state index in [1.165, 1.54) is 16.7 Å². The van der Waals surface area contributed by atoms with Gasteiger partial charge in [0.05, 0.1) is 12.1 Å². The first-order chi connectivity index (χ1) is 11.1. The van der Waals surface area contributed by atoms with Gasteiger partial charge >= 0.3 is 0 Å². The molecule has 1 unspecified atom stereocenters. The summed E-state index contributed by atoms with van der Waals surface area (Å²) in [7, 11) is 0. The maximum absolute atomic E-state index is 5.88. The van der Waals surface area contributed by atoms with Gasteiger partial charge < -0.3 is 10.5 Å². The molecule has 23 heavy (non-hydrogen) atoms. The van der Waals surface area contributed by atoms with Crippen molar-refractivity contribution in [3.8, 4) is 11.1 Å². The molecule has 1 aliphatic carbocycles. The van der Waals surface area contributed by atoms with Crippen LogP contribution >= 0.6 is 0 Å². The molecular weight excluding hydrogens is 288 g/mol. The zero-order valence-corrected chi connectivity index (χ0v) is 13.6. The van der Waals surface area contributed by atoms with Crippen molar-refractivity contribution in [2.75, 3.05) is 0 Å². The van der Waals surface area contributed by atoms with E-state index in [1.54, 1.807) is 6.33 Å². The van der Waals surface area contributed by atoms with Crippen molar-refractivity contribution >= 4 is 6.02 Å². The first-order valence-electron chi connectivity index (χ1n) is 7.99. The van der Waals surface area contributed by atoms with E-state index in [-0.39, 0.29) is 18.2 Å². The van der Waals surface area contributed by atoms with Crippen LogP contribution in [0, 0.1) is 0 Å². The zero-order chi connectivity index (χ0) is 16.2. The smallest absolute Gasteiger partial charge is 0.282 e. The molecule has 0 spiro atoms. The van der Waals surface area contributed by atoms with Crippen LogP contribution in [0.5, 0.6) is 0 Å². The Hall–Kier alpha value is -2.43. The Bertz CT molecular complexity index is 697. The summed E-state index contributed by atoms with van der Waals surface area (Å²) in [4.78, 5) is 12.8. The molecule has 5 heteroatoms. The van der Waals surface area contributed by atoms with Crippen LogP contribution < -0.4 is 5.73 Å². The van der Waals surface area contributed by atoms with Gasteiger partial charge in [-0.15, -0.1) is 0 Å². The predicted molar refractivity (Wildman–Crippen MR) is 91.1 cm³/mol. The van der Waals surface area contributed by atoms with Gasteiger partial charge in [-0.1, -0.05) is 18.2 Å². The molecule has 1 atom stereocenters. The van der Waals surface area contributed by atoms with E-state index in [9.17, 15) is 0 Å². The topological polar surface area (TPSA) is 73.4 Å². The van der Waals surface area contributed by atoms with Gasteiger partial charge in [-0.3, -0.25) is 0 Å². The summed E-state index contributed by atoms with van der Waals surface area (Å²) in [6.45, 7) is 3.90. The summed E-state index contributed by atoms with van der Waals surface area (Å²) in [6, 6.07) is 6.86. The number of amidine groups is 1. The summed E-state index contributed by atoms with van der Waals surface area (Å²) < 4.78 is 5.46. The second kappa shape index (κ2) is 6.77. The van der Waals surface area contributed by atoms with Gasteiger partial charge in [-0.25, -0.2) is 15.0 Å². The first-order valence-corrected chi connectivity index (χ1v) is 7.99. The van der Waals surface area contributed by atoms with E-state index >= 15 is 0 Å². The van der Waals surface area contributed by atoms with Gasteiger partial charge in [-0.2, -0.15) is 0 Å². The molecule has 2 aromatic rings. The van der Waals surface area contributed by atoms with Crippen LogP contribution in [0.4, 0.5) is 0 Å². The van der Waals surface area contributed by atoms with E-state index in [0.29, 0.717) is 0 Å². The van der Waals surface area contributed by atoms with Gasteiger partial charge in [0.1, 0.15) is 6.33 Å². The number of benzene rings is 1. The van der Waals surface area contributed by atoms with Crippen LogP contribution in [0.1, 0.15) is 31.4 Å². The van der Waals surface area contributed by atoms with Crippen molar-refractivity contribution in [2.45, 2.75) is 45.3 Å². The highest BCUT2D eigenvalue weighted by Crippen LogP contribution is 2.32. The number of hydrogen-bond acceptors (Lipinski definition) is 4. The molecule has 1 heterocycles. The lowest BCUT2D eigenvalue weighted by Crippen LogP contribution is -2.26. The zero-order valence-electron chi connectivity index (χ0n) is 13.6. The number of hydrogen-bond donors (Lipinski definition) is 1. The fourth-order valence-electron chi connectivity index (χ4n) is 3.04. The minimum absolute atomic E-state index is 0.0478. The Morgan fingerprint density at radius 1 is 1.30 bits per heavy atom. The van der Waals surface area contributed by atoms with Crippen molar-refractivity contribution in [1.82, 2.24) is 9.97 Å². The van der Waals surface area contributed by atoms with Crippen molar-refractivity contribution < 1.29 is 4.74 Å². The number of fused-ring (bicyclic) bond motifs is 1. The normalized spacial score (nSPS) is 17.9. The van der Waals surface area contributed by atoms with Crippen LogP contribution in [0.3, 0.4) is 0 Å². The fourth-order valence-corrected chi connectivity index (χ4v) is 3.04. The SMILES string of the molecule is CC(C)OC(N)=NC1CCc2cccc(-c3cncnc3)c2C1. The third kappa shape index (κ3) is 3.67. The average molecular weight is 310 g/mol. The summed E-state index contributed by atoms with van der Waals surface area (Å²) in [6.07, 6.45) is 8.16. The minimum atomic E-state index is 0.0478. The Labute approximate surface area is 136 Å². The lowest BCUT2D eigenvalue weighted by Gasteiger charge is -2.24. The van der Waals surface area contributed by atoms with Crippen LogP contribution in [-0.2, 0) is 17.6 Å². The van der Waals surface area contributed by atoms with Gasteiger partial charge in [0.15, 0.2) is 0 Å². The fraction of sp³-hybridized carbons (Fsp3) is 0.389.